The van der Waals surface area contributed by atoms with E-state index in [2.05, 4.69) is 45.6 Å². The monoisotopic (exact) mass is 507 g/mol. The Morgan fingerprint density at radius 3 is 2.61 bits per heavy atom. The van der Waals surface area contributed by atoms with Crippen LogP contribution in [0.5, 0.6) is 0 Å². The maximum atomic E-state index is 13.6. The van der Waals surface area contributed by atoms with E-state index < -0.39 is 17.3 Å². The van der Waals surface area contributed by atoms with Crippen molar-refractivity contribution >= 4 is 34.0 Å². The molecule has 2 N–H and O–H groups in total. The van der Waals surface area contributed by atoms with Crippen LogP contribution in [0.1, 0.15) is 49.8 Å². The van der Waals surface area contributed by atoms with Crippen LogP contribution < -0.4 is 16.4 Å². The van der Waals surface area contributed by atoms with E-state index >= 15 is 0 Å². The Morgan fingerprint density at radius 2 is 1.97 bits per heavy atom. The van der Waals surface area contributed by atoms with E-state index in [0.29, 0.717) is 36.0 Å². The summed E-state index contributed by atoms with van der Waals surface area (Å²) < 4.78 is 5.20. The highest BCUT2D eigenvalue weighted by Gasteiger charge is 2.38. The first-order valence-corrected chi connectivity index (χ1v) is 13.0. The molecule has 1 aromatic carbocycles. The van der Waals surface area contributed by atoms with Crippen LogP contribution in [0.15, 0.2) is 45.6 Å². The molecule has 1 aliphatic heterocycles. The van der Waals surface area contributed by atoms with E-state index in [4.69, 9.17) is 4.42 Å². The minimum atomic E-state index is -0.929. The van der Waals surface area contributed by atoms with Gasteiger partial charge in [-0.3, -0.25) is 9.69 Å². The van der Waals surface area contributed by atoms with Crippen molar-refractivity contribution < 1.29 is 9.21 Å². The van der Waals surface area contributed by atoms with Gasteiger partial charge in [-0.1, -0.05) is 32.9 Å². The number of rotatable bonds is 7. The molecule has 1 fully saturated rings. The van der Waals surface area contributed by atoms with E-state index in [1.54, 1.807) is 29.5 Å². The van der Waals surface area contributed by atoms with Crippen molar-refractivity contribution in [3.8, 4) is 6.07 Å². The van der Waals surface area contributed by atoms with Gasteiger partial charge in [0.05, 0.1) is 11.5 Å². The van der Waals surface area contributed by atoms with Crippen LogP contribution in [0.3, 0.4) is 0 Å². The van der Waals surface area contributed by atoms with Gasteiger partial charge in [-0.05, 0) is 55.9 Å². The number of nitrogens with one attached hydrogen (secondary N) is 2. The van der Waals surface area contributed by atoms with E-state index in [9.17, 15) is 14.9 Å². The first kappa shape index (κ1) is 25.9. The Labute approximate surface area is 215 Å². The smallest absolute Gasteiger partial charge is 0.408 e. The molecule has 3 heterocycles. The van der Waals surface area contributed by atoms with Crippen molar-refractivity contribution in [2.75, 3.05) is 18.4 Å². The Bertz CT molecular complexity index is 1330. The number of anilines is 1. The van der Waals surface area contributed by atoms with Gasteiger partial charge in [0.1, 0.15) is 23.0 Å². The van der Waals surface area contributed by atoms with E-state index in [-0.39, 0.29) is 11.3 Å². The number of carbonyl (C=O) groups is 1. The quantitative estimate of drug-likeness (QED) is 0.486. The van der Waals surface area contributed by atoms with Gasteiger partial charge >= 0.3 is 5.76 Å². The molecule has 0 unspecified atom stereocenters. The van der Waals surface area contributed by atoms with Crippen molar-refractivity contribution in [2.45, 2.75) is 65.1 Å². The summed E-state index contributed by atoms with van der Waals surface area (Å²) in [5, 5.41) is 17.0. The molecule has 0 spiro atoms. The zero-order valence-corrected chi connectivity index (χ0v) is 22.1. The second-order valence-electron chi connectivity index (χ2n) is 10.8. The molecular formula is C27H33N5O3S. The maximum Gasteiger partial charge on any atom is 0.441 e. The molecule has 0 bridgehead atoms. The zero-order chi connectivity index (χ0) is 25.9. The van der Waals surface area contributed by atoms with Gasteiger partial charge in [-0.25, -0.2) is 4.79 Å². The summed E-state index contributed by atoms with van der Waals surface area (Å²) in [6.07, 6.45) is 1.59. The van der Waals surface area contributed by atoms with Crippen LogP contribution in [0.2, 0.25) is 0 Å². The van der Waals surface area contributed by atoms with Gasteiger partial charge in [0.15, 0.2) is 0 Å². The lowest BCUT2D eigenvalue weighted by Gasteiger charge is -2.38. The maximum absolute atomic E-state index is 13.6. The summed E-state index contributed by atoms with van der Waals surface area (Å²) in [6.45, 7) is 10.6. The van der Waals surface area contributed by atoms with E-state index in [1.807, 2.05) is 26.8 Å². The Kier molecular flexibility index (Phi) is 7.48. The molecule has 3 aromatic rings. The normalized spacial score (nSPS) is 16.9. The third-order valence-electron chi connectivity index (χ3n) is 6.45. The number of benzene rings is 1. The number of likely N-dealkylation sites (tertiary alicyclic amines) is 1. The number of aromatic nitrogens is 1. The van der Waals surface area contributed by atoms with Crippen LogP contribution in [-0.4, -0.2) is 40.5 Å². The van der Waals surface area contributed by atoms with Gasteiger partial charge in [0.25, 0.3) is 0 Å². The third kappa shape index (κ3) is 6.31. The number of nitriles is 1. The standard InChI is InChI=1S/C27H33N5O3S/c1-18-9-10-19(36-18)16-32-13-11-27(17-28,12-14-32)31-24(33)21(15-26(2,3)4)29-23-20-7-5-6-8-22(20)35-25(34)30-23/h5-10,21H,11-16H2,1-4H3,(H,31,33)(H,29,30,34)/t21-/m0/s1. The lowest BCUT2D eigenvalue weighted by molar-refractivity contribution is -0.124. The number of fused-ring (bicyclic) bond motifs is 1. The summed E-state index contributed by atoms with van der Waals surface area (Å²) >= 11 is 1.79. The van der Waals surface area contributed by atoms with Gasteiger partial charge in [0, 0.05) is 29.4 Å². The first-order valence-electron chi connectivity index (χ1n) is 12.2. The summed E-state index contributed by atoms with van der Waals surface area (Å²) in [7, 11) is 0. The molecule has 0 aliphatic carbocycles. The third-order valence-corrected chi connectivity index (χ3v) is 7.43. The summed E-state index contributed by atoms with van der Waals surface area (Å²) in [6, 6.07) is 13.1. The van der Waals surface area contributed by atoms with E-state index in [0.717, 1.165) is 19.6 Å². The molecule has 190 valence electrons. The summed E-state index contributed by atoms with van der Waals surface area (Å²) in [4.78, 5) is 34.6. The molecule has 8 nitrogen and oxygen atoms in total. The highest BCUT2D eigenvalue weighted by Crippen LogP contribution is 2.28. The van der Waals surface area contributed by atoms with Crippen LogP contribution in [0, 0.1) is 23.7 Å². The summed E-state index contributed by atoms with van der Waals surface area (Å²) in [5.74, 6) is -0.695. The number of thiophene rings is 1. The molecule has 1 aliphatic rings. The topological polar surface area (TPSA) is 111 Å². The average molecular weight is 508 g/mol. The largest absolute Gasteiger partial charge is 0.441 e. The Morgan fingerprint density at radius 1 is 1.25 bits per heavy atom. The predicted octanol–water partition coefficient (Wildman–Crippen LogP) is 4.45. The average Bonchev–Trinajstić information content (AvgIpc) is 3.23. The van der Waals surface area contributed by atoms with Crippen LogP contribution in [-0.2, 0) is 11.3 Å². The molecule has 2 aromatic heterocycles. The number of hydrogen-bond acceptors (Lipinski definition) is 8. The minimum absolute atomic E-state index is 0.188. The van der Waals surface area contributed by atoms with Crippen LogP contribution in [0.25, 0.3) is 11.0 Å². The van der Waals surface area contributed by atoms with Crippen LogP contribution in [0.4, 0.5) is 5.82 Å². The fourth-order valence-corrected chi connectivity index (χ4v) is 5.52. The first-order chi connectivity index (χ1) is 17.1. The minimum Gasteiger partial charge on any atom is -0.408 e. The number of carbonyl (C=O) groups excluding carboxylic acids is 1. The molecule has 36 heavy (non-hydrogen) atoms. The van der Waals surface area contributed by atoms with Gasteiger partial charge < -0.3 is 15.1 Å². The number of para-hydroxylation sites is 1. The number of piperidine rings is 1. The Balaban J connectivity index is 1.50. The number of hydrogen-bond donors (Lipinski definition) is 2. The molecule has 1 atom stereocenters. The van der Waals surface area contributed by atoms with Gasteiger partial charge in [-0.2, -0.15) is 10.2 Å². The van der Waals surface area contributed by atoms with E-state index in [1.165, 1.54) is 9.75 Å². The molecule has 1 amide bonds. The van der Waals surface area contributed by atoms with Crippen molar-refractivity contribution in [3.63, 3.8) is 0 Å². The molecule has 4 rings (SSSR count). The lowest BCUT2D eigenvalue weighted by atomic mass is 9.85. The zero-order valence-electron chi connectivity index (χ0n) is 21.3. The number of amides is 1. The summed E-state index contributed by atoms with van der Waals surface area (Å²) in [5.41, 5.74) is -0.717. The highest BCUT2D eigenvalue weighted by molar-refractivity contribution is 7.11. The van der Waals surface area contributed by atoms with Crippen molar-refractivity contribution in [1.29, 1.82) is 5.26 Å². The SMILES string of the molecule is Cc1ccc(CN2CCC(C#N)(NC(=O)[C@H](CC(C)(C)C)Nc3nc(=O)oc4ccccc34)CC2)s1. The van der Waals surface area contributed by atoms with Crippen molar-refractivity contribution in [2.24, 2.45) is 5.41 Å². The van der Waals surface area contributed by atoms with Crippen molar-refractivity contribution in [3.05, 3.63) is 56.7 Å². The number of aryl methyl sites for hydroxylation is 1. The second kappa shape index (κ2) is 10.4. The predicted molar refractivity (Wildman–Crippen MR) is 142 cm³/mol. The fraction of sp³-hybridized carbons (Fsp3) is 0.481. The lowest BCUT2D eigenvalue weighted by Crippen LogP contribution is -2.57. The Hall–Kier alpha value is -3.22. The second-order valence-corrected chi connectivity index (χ2v) is 12.1. The molecule has 0 radical (unpaired) electrons. The van der Waals surface area contributed by atoms with Gasteiger partial charge in [-0.15, -0.1) is 11.3 Å². The van der Waals surface area contributed by atoms with Crippen LogP contribution >= 0.6 is 11.3 Å². The molecule has 1 saturated heterocycles. The molecular weight excluding hydrogens is 474 g/mol. The number of nitrogens with zero attached hydrogens (tertiary/aromatic N) is 3. The fourth-order valence-electron chi connectivity index (χ4n) is 4.59. The molecule has 0 saturated carbocycles. The van der Waals surface area contributed by atoms with Gasteiger partial charge in [0.2, 0.25) is 5.91 Å². The van der Waals surface area contributed by atoms with Crippen molar-refractivity contribution in [1.82, 2.24) is 15.2 Å². The molecule has 9 heteroatoms. The highest BCUT2D eigenvalue weighted by atomic mass is 32.1.